The van der Waals surface area contributed by atoms with E-state index in [-0.39, 0.29) is 5.92 Å². The van der Waals surface area contributed by atoms with Crippen molar-refractivity contribution in [3.63, 3.8) is 0 Å². The average Bonchev–Trinajstić information content (AvgIpc) is 3.77. The number of furan rings is 1. The molecule has 1 aliphatic rings. The van der Waals surface area contributed by atoms with Gasteiger partial charge in [-0.05, 0) is 73.2 Å². The first-order valence-corrected chi connectivity index (χ1v) is 16.2. The number of nitrogens with zero attached hydrogens (tertiary/aromatic N) is 2. The van der Waals surface area contributed by atoms with E-state index in [4.69, 9.17) is 10.2 Å². The number of rotatable bonds is 3. The fourth-order valence-electron chi connectivity index (χ4n) is 8.23. The maximum Gasteiger partial charge on any atom is 0.145 e. The van der Waals surface area contributed by atoms with E-state index in [1.807, 2.05) is 6.07 Å². The molecule has 0 amide bonds. The molecule has 0 radical (unpaired) electrons. The molecule has 4 heteroatoms. The summed E-state index contributed by atoms with van der Waals surface area (Å²) in [6.45, 7) is 2.34. The second-order valence-electron chi connectivity index (χ2n) is 13.0. The van der Waals surface area contributed by atoms with E-state index in [2.05, 4.69) is 162 Å². The van der Waals surface area contributed by atoms with Gasteiger partial charge in [-0.15, -0.1) is 0 Å². The van der Waals surface area contributed by atoms with Crippen LogP contribution in [-0.4, -0.2) is 9.13 Å². The quantitative estimate of drug-likeness (QED) is 0.218. The van der Waals surface area contributed by atoms with E-state index in [1.54, 1.807) is 0 Å². The zero-order chi connectivity index (χ0) is 31.3. The van der Waals surface area contributed by atoms with E-state index < -0.39 is 5.54 Å². The summed E-state index contributed by atoms with van der Waals surface area (Å²) in [5, 5.41) is 7.07. The second kappa shape index (κ2) is 9.51. The summed E-state index contributed by atoms with van der Waals surface area (Å²) < 4.78 is 11.5. The highest BCUT2D eigenvalue weighted by molar-refractivity contribution is 6.24. The Morgan fingerprint density at radius 1 is 0.617 bits per heavy atom. The van der Waals surface area contributed by atoms with Gasteiger partial charge >= 0.3 is 0 Å². The van der Waals surface area contributed by atoms with Gasteiger partial charge in [-0.1, -0.05) is 91.0 Å². The van der Waals surface area contributed by atoms with Crippen molar-refractivity contribution in [3.05, 3.63) is 163 Å². The van der Waals surface area contributed by atoms with E-state index in [9.17, 15) is 0 Å². The first kappa shape index (κ1) is 26.2. The summed E-state index contributed by atoms with van der Waals surface area (Å²) in [6, 6.07) is 47.8. The molecule has 4 nitrogen and oxygen atoms in total. The molecule has 0 saturated heterocycles. The van der Waals surface area contributed by atoms with E-state index in [0.717, 1.165) is 55.1 Å². The van der Waals surface area contributed by atoms with Crippen molar-refractivity contribution in [3.8, 4) is 5.69 Å². The molecule has 10 rings (SSSR count). The van der Waals surface area contributed by atoms with Crippen molar-refractivity contribution in [1.29, 1.82) is 0 Å². The lowest BCUT2D eigenvalue weighted by Gasteiger charge is -2.39. The maximum absolute atomic E-state index is 6.66. The number of allylic oxidation sites excluding steroid dienone is 3. The molecule has 0 fully saturated rings. The van der Waals surface area contributed by atoms with Gasteiger partial charge in [0.15, 0.2) is 0 Å². The number of hydrogen-bond donors (Lipinski definition) is 1. The SMILES string of the molecule is CC1(n2c3ccccc3c3ccccc32)C=CC(N)=CC1c1ccc2c(c1)c1c3oc4ccccc4c3ccc1n2-c1ccccc1. The monoisotopic (exact) mass is 605 g/mol. The summed E-state index contributed by atoms with van der Waals surface area (Å²) in [7, 11) is 0. The number of benzene rings is 6. The van der Waals surface area contributed by atoms with Crippen molar-refractivity contribution in [1.82, 2.24) is 9.13 Å². The predicted molar refractivity (Wildman–Crippen MR) is 195 cm³/mol. The Kier molecular flexibility index (Phi) is 5.31. The van der Waals surface area contributed by atoms with E-state index in [1.165, 1.54) is 27.4 Å². The fourth-order valence-corrected chi connectivity index (χ4v) is 8.23. The largest absolute Gasteiger partial charge is 0.455 e. The first-order chi connectivity index (χ1) is 23.1. The van der Waals surface area contributed by atoms with Crippen molar-refractivity contribution in [2.24, 2.45) is 5.73 Å². The van der Waals surface area contributed by atoms with Crippen LogP contribution in [-0.2, 0) is 5.54 Å². The highest BCUT2D eigenvalue weighted by Crippen LogP contribution is 2.47. The zero-order valence-corrected chi connectivity index (χ0v) is 25.9. The van der Waals surface area contributed by atoms with Gasteiger partial charge < -0.3 is 19.3 Å². The highest BCUT2D eigenvalue weighted by Gasteiger charge is 2.38. The number of aromatic nitrogens is 2. The van der Waals surface area contributed by atoms with Crippen molar-refractivity contribution in [2.45, 2.75) is 18.4 Å². The molecule has 2 atom stereocenters. The molecule has 2 N–H and O–H groups in total. The van der Waals surface area contributed by atoms with Crippen LogP contribution in [0.5, 0.6) is 0 Å². The van der Waals surface area contributed by atoms with Gasteiger partial charge in [0, 0.05) is 55.3 Å². The van der Waals surface area contributed by atoms with E-state index >= 15 is 0 Å². The molecule has 6 aromatic carbocycles. The van der Waals surface area contributed by atoms with Crippen LogP contribution in [0.15, 0.2) is 162 Å². The molecule has 0 bridgehead atoms. The summed E-state index contributed by atoms with van der Waals surface area (Å²) in [4.78, 5) is 0. The van der Waals surface area contributed by atoms with Gasteiger partial charge in [-0.2, -0.15) is 0 Å². The summed E-state index contributed by atoms with van der Waals surface area (Å²) >= 11 is 0. The fraction of sp³-hybridized carbons (Fsp3) is 0.0698. The maximum atomic E-state index is 6.66. The molecular weight excluding hydrogens is 574 g/mol. The first-order valence-electron chi connectivity index (χ1n) is 16.2. The third-order valence-electron chi connectivity index (χ3n) is 10.3. The predicted octanol–water partition coefficient (Wildman–Crippen LogP) is 10.7. The van der Waals surface area contributed by atoms with Gasteiger partial charge in [0.25, 0.3) is 0 Å². The number of fused-ring (bicyclic) bond motifs is 10. The second-order valence-corrected chi connectivity index (χ2v) is 13.0. The van der Waals surface area contributed by atoms with Crippen LogP contribution < -0.4 is 5.73 Å². The summed E-state index contributed by atoms with van der Waals surface area (Å²) in [5.41, 5.74) is 15.8. The van der Waals surface area contributed by atoms with Crippen molar-refractivity contribution >= 4 is 65.6 Å². The van der Waals surface area contributed by atoms with Crippen LogP contribution in [0.25, 0.3) is 71.2 Å². The normalized spacial score (nSPS) is 18.3. The molecule has 9 aromatic rings. The standard InChI is InChI=1S/C43H31N3O/c1-43(46-37-16-8-5-13-30(37)31-14-6-9-17-38(31)46)24-23-28(44)26-35(43)27-19-21-36-34(25-27)41-39(45(36)29-11-3-2-4-12-29)22-20-33-32-15-7-10-18-40(32)47-42(33)41/h2-26,35H,44H2,1H3. The Balaban J connectivity index is 1.28. The molecule has 0 aliphatic heterocycles. The van der Waals surface area contributed by atoms with E-state index in [0.29, 0.717) is 0 Å². The van der Waals surface area contributed by atoms with Gasteiger partial charge in [-0.3, -0.25) is 0 Å². The number of hydrogen-bond acceptors (Lipinski definition) is 2. The van der Waals surface area contributed by atoms with Crippen LogP contribution in [0.4, 0.5) is 0 Å². The summed E-state index contributed by atoms with van der Waals surface area (Å²) in [6.07, 6.45) is 6.59. The van der Waals surface area contributed by atoms with Crippen molar-refractivity contribution < 1.29 is 4.42 Å². The van der Waals surface area contributed by atoms with Gasteiger partial charge in [0.2, 0.25) is 0 Å². The third-order valence-corrected chi connectivity index (χ3v) is 10.3. The molecule has 1 aliphatic carbocycles. The average molecular weight is 606 g/mol. The van der Waals surface area contributed by atoms with Gasteiger partial charge in [0.05, 0.1) is 22.0 Å². The van der Waals surface area contributed by atoms with Crippen LogP contribution in [0.1, 0.15) is 18.4 Å². The Labute approximate surface area is 271 Å². The minimum atomic E-state index is -0.425. The molecule has 3 heterocycles. The Morgan fingerprint density at radius 3 is 2.04 bits per heavy atom. The Hall–Kier alpha value is -6.00. The van der Waals surface area contributed by atoms with Crippen LogP contribution >= 0.6 is 0 Å². The Bertz CT molecular complexity index is 2720. The lowest BCUT2D eigenvalue weighted by atomic mass is 9.76. The molecule has 0 spiro atoms. The lowest BCUT2D eigenvalue weighted by molar-refractivity contribution is 0.385. The lowest BCUT2D eigenvalue weighted by Crippen LogP contribution is -2.36. The van der Waals surface area contributed by atoms with Crippen LogP contribution in [0.3, 0.4) is 0 Å². The third kappa shape index (κ3) is 3.58. The summed E-state index contributed by atoms with van der Waals surface area (Å²) in [5.74, 6) is -0.0267. The Morgan fingerprint density at radius 2 is 1.28 bits per heavy atom. The highest BCUT2D eigenvalue weighted by atomic mass is 16.3. The van der Waals surface area contributed by atoms with Gasteiger partial charge in [-0.25, -0.2) is 0 Å². The minimum Gasteiger partial charge on any atom is -0.455 e. The van der Waals surface area contributed by atoms with Gasteiger partial charge in [0.1, 0.15) is 11.2 Å². The topological polar surface area (TPSA) is 49.0 Å². The van der Waals surface area contributed by atoms with Crippen LogP contribution in [0, 0.1) is 0 Å². The minimum absolute atomic E-state index is 0.0267. The molecule has 2 unspecified atom stereocenters. The van der Waals surface area contributed by atoms with Crippen molar-refractivity contribution in [2.75, 3.05) is 0 Å². The molecule has 47 heavy (non-hydrogen) atoms. The zero-order valence-electron chi connectivity index (χ0n) is 25.9. The number of nitrogens with two attached hydrogens (primary N) is 1. The van der Waals surface area contributed by atoms with Crippen LogP contribution in [0.2, 0.25) is 0 Å². The molecule has 0 saturated carbocycles. The molecule has 3 aromatic heterocycles. The molecular formula is C43H31N3O. The number of para-hydroxylation sites is 4. The molecule has 224 valence electrons. The smallest absolute Gasteiger partial charge is 0.145 e.